The van der Waals surface area contributed by atoms with Crippen molar-refractivity contribution in [3.63, 3.8) is 0 Å². The van der Waals surface area contributed by atoms with Crippen LogP contribution in [0.15, 0.2) is 30.3 Å². The quantitative estimate of drug-likeness (QED) is 0.808. The molecule has 0 heterocycles. The first-order valence-electron chi connectivity index (χ1n) is 7.02. The fraction of sp³-hybridized carbons (Fsp3) is 0.500. The van der Waals surface area contributed by atoms with Gasteiger partial charge in [-0.2, -0.15) is 5.26 Å². The predicted molar refractivity (Wildman–Crippen MR) is 75.7 cm³/mol. The third-order valence-corrected chi connectivity index (χ3v) is 3.87. The molecule has 0 bridgehead atoms. The first-order valence-corrected chi connectivity index (χ1v) is 7.02. The zero-order chi connectivity index (χ0) is 14.6. The van der Waals surface area contributed by atoms with Crippen LogP contribution in [-0.4, -0.2) is 18.6 Å². The Kier molecular flexibility index (Phi) is 4.41. The van der Waals surface area contributed by atoms with Gasteiger partial charge in [-0.05, 0) is 32.3 Å². The van der Waals surface area contributed by atoms with E-state index in [-0.39, 0.29) is 12.0 Å². The molecule has 2 rings (SSSR count). The first-order chi connectivity index (χ1) is 9.64. The molecular formula is C16H20N2O2. The lowest BCUT2D eigenvalue weighted by Crippen LogP contribution is -2.42. The lowest BCUT2D eigenvalue weighted by atomic mass is 9.95. The molecule has 0 aliphatic heterocycles. The number of carbonyl (C=O) groups is 1. The van der Waals surface area contributed by atoms with E-state index < -0.39 is 11.5 Å². The van der Waals surface area contributed by atoms with Crippen LogP contribution in [0.2, 0.25) is 0 Å². The van der Waals surface area contributed by atoms with E-state index in [2.05, 4.69) is 11.4 Å². The minimum atomic E-state index is -0.645. The van der Waals surface area contributed by atoms with Gasteiger partial charge < -0.3 is 4.74 Å². The van der Waals surface area contributed by atoms with Crippen LogP contribution in [0, 0.1) is 16.7 Å². The molecule has 20 heavy (non-hydrogen) atoms. The van der Waals surface area contributed by atoms with Gasteiger partial charge in [0.05, 0.1) is 18.1 Å². The first kappa shape index (κ1) is 14.5. The molecule has 0 radical (unpaired) electrons. The molecule has 0 saturated heterocycles. The lowest BCUT2D eigenvalue weighted by molar-refractivity contribution is -0.150. The summed E-state index contributed by atoms with van der Waals surface area (Å²) in [5.41, 5.74) is 0.459. The molecule has 1 aromatic rings. The van der Waals surface area contributed by atoms with Crippen LogP contribution in [0.1, 0.15) is 38.3 Å². The van der Waals surface area contributed by atoms with Crippen molar-refractivity contribution < 1.29 is 9.53 Å². The highest BCUT2D eigenvalue weighted by molar-refractivity contribution is 5.81. The fourth-order valence-electron chi connectivity index (χ4n) is 2.43. The normalized spacial score (nSPS) is 18.6. The van der Waals surface area contributed by atoms with E-state index in [1.165, 1.54) is 0 Å². The Morgan fingerprint density at radius 3 is 2.60 bits per heavy atom. The molecule has 0 amide bonds. The molecule has 2 atom stereocenters. The van der Waals surface area contributed by atoms with Crippen molar-refractivity contribution in [2.24, 2.45) is 5.41 Å². The smallest absolute Gasteiger partial charge is 0.314 e. The van der Waals surface area contributed by atoms with E-state index in [9.17, 15) is 10.1 Å². The molecule has 4 heteroatoms. The van der Waals surface area contributed by atoms with Gasteiger partial charge in [0.15, 0.2) is 0 Å². The Bertz CT molecular complexity index is 503. The van der Waals surface area contributed by atoms with Gasteiger partial charge in [-0.25, -0.2) is 0 Å². The van der Waals surface area contributed by atoms with Crippen molar-refractivity contribution in [3.8, 4) is 6.07 Å². The summed E-state index contributed by atoms with van der Waals surface area (Å²) in [6, 6.07) is 11.7. The largest absolute Gasteiger partial charge is 0.465 e. The zero-order valence-corrected chi connectivity index (χ0v) is 11.9. The predicted octanol–water partition coefficient (Wildman–Crippen LogP) is 2.57. The van der Waals surface area contributed by atoms with Crippen LogP contribution < -0.4 is 5.32 Å². The monoisotopic (exact) mass is 272 g/mol. The number of hydrogen-bond acceptors (Lipinski definition) is 4. The number of nitrogens with one attached hydrogen (secondary N) is 1. The Morgan fingerprint density at radius 2 is 2.10 bits per heavy atom. The van der Waals surface area contributed by atoms with Crippen LogP contribution in [0.5, 0.6) is 0 Å². The fourth-order valence-corrected chi connectivity index (χ4v) is 2.43. The van der Waals surface area contributed by atoms with Crippen molar-refractivity contribution in [1.29, 1.82) is 5.26 Å². The molecule has 0 aromatic heterocycles. The second-order valence-corrected chi connectivity index (χ2v) is 5.24. The topological polar surface area (TPSA) is 62.1 Å². The number of nitrogens with zero attached hydrogens (tertiary/aromatic N) is 1. The van der Waals surface area contributed by atoms with Crippen molar-refractivity contribution in [2.75, 3.05) is 6.61 Å². The van der Waals surface area contributed by atoms with Crippen molar-refractivity contribution in [2.45, 2.75) is 38.8 Å². The van der Waals surface area contributed by atoms with E-state index in [1.807, 2.05) is 37.3 Å². The standard InChI is InChI=1S/C16H20N2O2/c1-3-20-15(19)16(9-10-16)14(11-17)18-12(2)13-7-5-4-6-8-13/h4-8,12,14,18H,3,9-10H2,1-2H3/t12-,14+/m1/s1. The minimum Gasteiger partial charge on any atom is -0.465 e. The summed E-state index contributed by atoms with van der Waals surface area (Å²) in [4.78, 5) is 12.0. The second-order valence-electron chi connectivity index (χ2n) is 5.24. The lowest BCUT2D eigenvalue weighted by Gasteiger charge is -2.24. The van der Waals surface area contributed by atoms with Gasteiger partial charge in [0, 0.05) is 6.04 Å². The number of nitriles is 1. The van der Waals surface area contributed by atoms with Crippen molar-refractivity contribution in [3.05, 3.63) is 35.9 Å². The molecule has 4 nitrogen and oxygen atoms in total. The summed E-state index contributed by atoms with van der Waals surface area (Å²) in [6.07, 6.45) is 1.44. The third kappa shape index (κ3) is 2.83. The molecule has 0 unspecified atom stereocenters. The highest BCUT2D eigenvalue weighted by Crippen LogP contribution is 2.50. The van der Waals surface area contributed by atoms with Crippen molar-refractivity contribution >= 4 is 5.97 Å². The number of rotatable bonds is 6. The van der Waals surface area contributed by atoms with E-state index in [4.69, 9.17) is 4.74 Å². The van der Waals surface area contributed by atoms with Gasteiger partial charge in [-0.15, -0.1) is 0 Å². The maximum absolute atomic E-state index is 12.0. The second kappa shape index (κ2) is 6.06. The molecule has 1 aliphatic carbocycles. The van der Waals surface area contributed by atoms with Gasteiger partial charge >= 0.3 is 5.97 Å². The van der Waals surface area contributed by atoms with Gasteiger partial charge in [0.2, 0.25) is 0 Å². The summed E-state index contributed by atoms with van der Waals surface area (Å²) >= 11 is 0. The maximum atomic E-state index is 12.0. The van der Waals surface area contributed by atoms with Gasteiger partial charge in [-0.3, -0.25) is 10.1 Å². The average molecular weight is 272 g/mol. The van der Waals surface area contributed by atoms with Gasteiger partial charge in [0.1, 0.15) is 6.04 Å². The summed E-state index contributed by atoms with van der Waals surface area (Å²) in [7, 11) is 0. The molecular weight excluding hydrogens is 252 g/mol. The molecule has 1 aromatic carbocycles. The van der Waals surface area contributed by atoms with Crippen LogP contribution in [-0.2, 0) is 9.53 Å². The number of esters is 1. The van der Waals surface area contributed by atoms with E-state index in [1.54, 1.807) is 6.92 Å². The Balaban J connectivity index is 2.07. The molecule has 106 valence electrons. The molecule has 1 N–H and O–H groups in total. The third-order valence-electron chi connectivity index (χ3n) is 3.87. The van der Waals surface area contributed by atoms with Crippen LogP contribution in [0.25, 0.3) is 0 Å². The highest BCUT2D eigenvalue weighted by Gasteiger charge is 2.57. The SMILES string of the molecule is CCOC(=O)C1([C@H](C#N)N[C@H](C)c2ccccc2)CC1. The summed E-state index contributed by atoms with van der Waals surface area (Å²) in [5.74, 6) is -0.251. The average Bonchev–Trinajstić information content (AvgIpc) is 3.27. The van der Waals surface area contributed by atoms with E-state index in [0.717, 1.165) is 18.4 Å². The van der Waals surface area contributed by atoms with Crippen LogP contribution in [0.4, 0.5) is 0 Å². The van der Waals surface area contributed by atoms with E-state index in [0.29, 0.717) is 6.61 Å². The summed E-state index contributed by atoms with van der Waals surface area (Å²) in [5, 5.41) is 12.7. The van der Waals surface area contributed by atoms with E-state index >= 15 is 0 Å². The number of benzene rings is 1. The molecule has 1 saturated carbocycles. The van der Waals surface area contributed by atoms with Crippen molar-refractivity contribution in [1.82, 2.24) is 5.32 Å². The summed E-state index contributed by atoms with van der Waals surface area (Å²) < 4.78 is 5.11. The number of hydrogen-bond donors (Lipinski definition) is 1. The minimum absolute atomic E-state index is 0.0211. The van der Waals surface area contributed by atoms with Crippen LogP contribution in [0.3, 0.4) is 0 Å². The van der Waals surface area contributed by atoms with Gasteiger partial charge in [0.25, 0.3) is 0 Å². The Morgan fingerprint density at radius 1 is 1.45 bits per heavy atom. The zero-order valence-electron chi connectivity index (χ0n) is 11.9. The Labute approximate surface area is 119 Å². The van der Waals surface area contributed by atoms with Gasteiger partial charge in [-0.1, -0.05) is 30.3 Å². The molecule has 1 fully saturated rings. The number of carbonyl (C=O) groups excluding carboxylic acids is 1. The number of ether oxygens (including phenoxy) is 1. The summed E-state index contributed by atoms with van der Waals surface area (Å²) in [6.45, 7) is 4.14. The molecule has 0 spiro atoms. The molecule has 1 aliphatic rings. The Hall–Kier alpha value is -1.86. The maximum Gasteiger partial charge on any atom is 0.314 e. The van der Waals surface area contributed by atoms with Crippen LogP contribution >= 0.6 is 0 Å². The highest BCUT2D eigenvalue weighted by atomic mass is 16.5.